The molecule has 0 spiro atoms. The number of hydrogen-bond acceptors (Lipinski definition) is 6. The standard InChI is InChI=1S/C24H21N3O2S2/c1-17-6-8-19(9-7-17)15-29-20-12-10-18(11-13-20)14-25-27-23(28)16-30-24-26-21-4-2-3-5-22(21)31-24/h2-14H,15-16H2,1H3,(H,27,28). The Morgan fingerprint density at radius 3 is 2.65 bits per heavy atom. The third kappa shape index (κ3) is 6.16. The summed E-state index contributed by atoms with van der Waals surface area (Å²) in [6.45, 7) is 2.59. The van der Waals surface area contributed by atoms with Crippen molar-refractivity contribution >= 4 is 45.4 Å². The van der Waals surface area contributed by atoms with Crippen LogP contribution in [0.25, 0.3) is 10.2 Å². The van der Waals surface area contributed by atoms with E-state index in [1.54, 1.807) is 17.6 Å². The van der Waals surface area contributed by atoms with Crippen LogP contribution in [0.3, 0.4) is 0 Å². The molecule has 0 unspecified atom stereocenters. The third-order valence-electron chi connectivity index (χ3n) is 4.41. The van der Waals surface area contributed by atoms with Gasteiger partial charge in [0.2, 0.25) is 0 Å². The van der Waals surface area contributed by atoms with Crippen LogP contribution in [0.15, 0.2) is 82.2 Å². The van der Waals surface area contributed by atoms with Gasteiger partial charge < -0.3 is 4.74 Å². The first-order valence-corrected chi connectivity index (χ1v) is 11.5. The number of benzene rings is 3. The van der Waals surface area contributed by atoms with Crippen molar-refractivity contribution in [2.45, 2.75) is 17.9 Å². The molecule has 4 aromatic rings. The van der Waals surface area contributed by atoms with Crippen molar-refractivity contribution in [1.82, 2.24) is 10.4 Å². The van der Waals surface area contributed by atoms with Crippen LogP contribution in [-0.2, 0) is 11.4 Å². The molecule has 1 heterocycles. The lowest BCUT2D eigenvalue weighted by Gasteiger charge is -2.06. The first-order chi connectivity index (χ1) is 15.2. The van der Waals surface area contributed by atoms with E-state index in [1.165, 1.54) is 17.3 Å². The minimum absolute atomic E-state index is 0.168. The molecular formula is C24H21N3O2S2. The molecule has 1 aromatic heterocycles. The molecule has 0 bridgehead atoms. The van der Waals surface area contributed by atoms with Gasteiger partial charge in [0.05, 0.1) is 22.2 Å². The molecule has 7 heteroatoms. The number of hydrazone groups is 1. The van der Waals surface area contributed by atoms with E-state index in [0.717, 1.165) is 31.4 Å². The van der Waals surface area contributed by atoms with Gasteiger partial charge in [0.15, 0.2) is 4.34 Å². The minimum Gasteiger partial charge on any atom is -0.489 e. The van der Waals surface area contributed by atoms with Gasteiger partial charge in [-0.3, -0.25) is 4.79 Å². The first kappa shape index (κ1) is 21.1. The molecule has 0 saturated heterocycles. The third-order valence-corrected chi connectivity index (χ3v) is 6.59. The Hall–Kier alpha value is -3.16. The highest BCUT2D eigenvalue weighted by atomic mass is 32.2. The Balaban J connectivity index is 1.21. The molecule has 1 amide bonds. The minimum atomic E-state index is -0.168. The fourth-order valence-corrected chi connectivity index (χ4v) is 4.61. The Morgan fingerprint density at radius 1 is 1.10 bits per heavy atom. The van der Waals surface area contributed by atoms with Crippen LogP contribution in [0, 0.1) is 6.92 Å². The second kappa shape index (κ2) is 10.2. The molecule has 4 rings (SSSR count). The monoisotopic (exact) mass is 447 g/mol. The molecule has 31 heavy (non-hydrogen) atoms. The van der Waals surface area contributed by atoms with E-state index in [9.17, 15) is 4.79 Å². The number of carbonyl (C=O) groups excluding carboxylic acids is 1. The van der Waals surface area contributed by atoms with Gasteiger partial charge in [-0.15, -0.1) is 11.3 Å². The lowest BCUT2D eigenvalue weighted by Crippen LogP contribution is -2.19. The van der Waals surface area contributed by atoms with Crippen LogP contribution >= 0.6 is 23.1 Å². The number of carbonyl (C=O) groups is 1. The second-order valence-electron chi connectivity index (χ2n) is 6.87. The number of hydrogen-bond donors (Lipinski definition) is 1. The summed E-state index contributed by atoms with van der Waals surface area (Å²) in [7, 11) is 0. The van der Waals surface area contributed by atoms with E-state index in [2.05, 4.69) is 46.7 Å². The number of nitrogens with zero attached hydrogens (tertiary/aromatic N) is 2. The molecule has 0 radical (unpaired) electrons. The van der Waals surface area contributed by atoms with E-state index in [4.69, 9.17) is 4.74 Å². The molecule has 0 aliphatic heterocycles. The van der Waals surface area contributed by atoms with Gasteiger partial charge in [0, 0.05) is 0 Å². The average molecular weight is 448 g/mol. The number of thiazole rings is 1. The number of para-hydroxylation sites is 1. The maximum Gasteiger partial charge on any atom is 0.250 e. The van der Waals surface area contributed by atoms with Crippen LogP contribution in [0.4, 0.5) is 0 Å². The van der Waals surface area contributed by atoms with Gasteiger partial charge in [-0.2, -0.15) is 5.10 Å². The largest absolute Gasteiger partial charge is 0.489 e. The maximum atomic E-state index is 12.0. The zero-order valence-corrected chi connectivity index (χ0v) is 18.6. The Morgan fingerprint density at radius 2 is 1.87 bits per heavy atom. The Kier molecular flexibility index (Phi) is 6.96. The van der Waals surface area contributed by atoms with E-state index in [1.807, 2.05) is 48.5 Å². The van der Waals surface area contributed by atoms with Gasteiger partial charge in [-0.1, -0.05) is 53.7 Å². The summed E-state index contributed by atoms with van der Waals surface area (Å²) in [4.78, 5) is 16.5. The molecule has 0 saturated carbocycles. The van der Waals surface area contributed by atoms with E-state index in [-0.39, 0.29) is 11.7 Å². The van der Waals surface area contributed by atoms with Crippen molar-refractivity contribution in [1.29, 1.82) is 0 Å². The summed E-state index contributed by atoms with van der Waals surface area (Å²) in [5.41, 5.74) is 6.75. The van der Waals surface area contributed by atoms with E-state index >= 15 is 0 Å². The quantitative estimate of drug-likeness (QED) is 0.222. The number of rotatable bonds is 8. The van der Waals surface area contributed by atoms with Crippen LogP contribution in [0.2, 0.25) is 0 Å². The fourth-order valence-electron chi connectivity index (χ4n) is 2.75. The zero-order chi connectivity index (χ0) is 21.5. The van der Waals surface area contributed by atoms with Crippen molar-refractivity contribution in [2.75, 3.05) is 5.75 Å². The zero-order valence-electron chi connectivity index (χ0n) is 16.9. The number of aromatic nitrogens is 1. The smallest absolute Gasteiger partial charge is 0.250 e. The molecule has 0 aliphatic rings. The number of ether oxygens (including phenoxy) is 1. The number of nitrogens with one attached hydrogen (secondary N) is 1. The van der Waals surface area contributed by atoms with Crippen LogP contribution in [-0.4, -0.2) is 22.9 Å². The van der Waals surface area contributed by atoms with Gasteiger partial charge in [-0.25, -0.2) is 10.4 Å². The normalized spacial score (nSPS) is 11.1. The molecule has 0 atom stereocenters. The summed E-state index contributed by atoms with van der Waals surface area (Å²) in [6.07, 6.45) is 1.62. The molecule has 3 aromatic carbocycles. The van der Waals surface area contributed by atoms with Crippen LogP contribution < -0.4 is 10.2 Å². The Bertz CT molecular complexity index is 1150. The van der Waals surface area contributed by atoms with Gasteiger partial charge in [-0.05, 0) is 54.4 Å². The number of aryl methyl sites for hydroxylation is 1. The topological polar surface area (TPSA) is 63.6 Å². The first-order valence-electron chi connectivity index (χ1n) is 9.74. The molecule has 0 fully saturated rings. The molecule has 0 aliphatic carbocycles. The average Bonchev–Trinajstić information content (AvgIpc) is 3.21. The SMILES string of the molecule is Cc1ccc(COc2ccc(C=NNC(=O)CSc3nc4ccccc4s3)cc2)cc1. The summed E-state index contributed by atoms with van der Waals surface area (Å²) in [5, 5.41) is 4.03. The Labute approximate surface area is 189 Å². The van der Waals surface area contributed by atoms with Crippen LogP contribution in [0.5, 0.6) is 5.75 Å². The number of fused-ring (bicyclic) bond motifs is 1. The highest BCUT2D eigenvalue weighted by Gasteiger charge is 2.07. The highest BCUT2D eigenvalue weighted by Crippen LogP contribution is 2.29. The molecule has 5 nitrogen and oxygen atoms in total. The lowest BCUT2D eigenvalue weighted by molar-refractivity contribution is -0.118. The van der Waals surface area contributed by atoms with Crippen molar-refractivity contribution in [3.8, 4) is 5.75 Å². The maximum absolute atomic E-state index is 12.0. The highest BCUT2D eigenvalue weighted by molar-refractivity contribution is 8.01. The van der Waals surface area contributed by atoms with Crippen molar-refractivity contribution in [3.05, 3.63) is 89.5 Å². The van der Waals surface area contributed by atoms with Crippen molar-refractivity contribution < 1.29 is 9.53 Å². The second-order valence-corrected chi connectivity index (χ2v) is 9.13. The van der Waals surface area contributed by atoms with Gasteiger partial charge >= 0.3 is 0 Å². The van der Waals surface area contributed by atoms with Crippen molar-refractivity contribution in [3.63, 3.8) is 0 Å². The van der Waals surface area contributed by atoms with E-state index in [0.29, 0.717) is 6.61 Å². The number of amides is 1. The predicted molar refractivity (Wildman–Crippen MR) is 128 cm³/mol. The molecule has 156 valence electrons. The fraction of sp³-hybridized carbons (Fsp3) is 0.125. The predicted octanol–water partition coefficient (Wildman–Crippen LogP) is 5.43. The molecular weight excluding hydrogens is 426 g/mol. The van der Waals surface area contributed by atoms with Crippen LogP contribution in [0.1, 0.15) is 16.7 Å². The summed E-state index contributed by atoms with van der Waals surface area (Å²) >= 11 is 3.00. The molecule has 1 N–H and O–H groups in total. The van der Waals surface area contributed by atoms with Gasteiger partial charge in [0.1, 0.15) is 12.4 Å². The summed E-state index contributed by atoms with van der Waals surface area (Å²) in [5.74, 6) is 0.885. The summed E-state index contributed by atoms with van der Waals surface area (Å²) < 4.78 is 7.80. The summed E-state index contributed by atoms with van der Waals surface area (Å²) in [6, 6.07) is 23.8. The van der Waals surface area contributed by atoms with Crippen molar-refractivity contribution in [2.24, 2.45) is 5.10 Å². The van der Waals surface area contributed by atoms with Gasteiger partial charge in [0.25, 0.3) is 5.91 Å². The lowest BCUT2D eigenvalue weighted by atomic mass is 10.2. The number of thioether (sulfide) groups is 1. The van der Waals surface area contributed by atoms with E-state index < -0.39 is 0 Å².